The van der Waals surface area contributed by atoms with Crippen LogP contribution in [0.25, 0.3) is 0 Å². The topological polar surface area (TPSA) is 91.0 Å². The van der Waals surface area contributed by atoms with E-state index in [0.29, 0.717) is 18.5 Å². The molecule has 0 radical (unpaired) electrons. The number of carbonyl (C=O) groups is 1. The highest BCUT2D eigenvalue weighted by atomic mass is 16.4. The van der Waals surface area contributed by atoms with Gasteiger partial charge in [0.15, 0.2) is 5.84 Å². The maximum absolute atomic E-state index is 12.6. The number of oxime groups is 1. The molecule has 0 aliphatic carbocycles. The summed E-state index contributed by atoms with van der Waals surface area (Å²) in [6, 6.07) is 1.33. The lowest BCUT2D eigenvalue weighted by Crippen LogP contribution is -2.58. The predicted molar refractivity (Wildman–Crippen MR) is 82.2 cm³/mol. The first-order valence-electron chi connectivity index (χ1n) is 7.93. The minimum Gasteiger partial charge on any atom is -0.409 e. The van der Waals surface area contributed by atoms with E-state index in [4.69, 9.17) is 10.9 Å². The van der Waals surface area contributed by atoms with E-state index in [-0.39, 0.29) is 17.8 Å². The Morgan fingerprint density at radius 3 is 2.48 bits per heavy atom. The number of nitrogens with two attached hydrogens (primary N) is 1. The largest absolute Gasteiger partial charge is 0.409 e. The van der Waals surface area contributed by atoms with E-state index >= 15 is 0 Å². The fourth-order valence-electron chi connectivity index (χ4n) is 3.65. The highest BCUT2D eigenvalue weighted by molar-refractivity contribution is 6.06. The zero-order chi connectivity index (χ0) is 15.6. The molecule has 2 aliphatic rings. The van der Waals surface area contributed by atoms with Crippen LogP contribution in [0, 0.1) is 5.41 Å². The van der Waals surface area contributed by atoms with Crippen molar-refractivity contribution in [2.75, 3.05) is 7.05 Å². The van der Waals surface area contributed by atoms with E-state index in [1.165, 1.54) is 19.3 Å². The van der Waals surface area contributed by atoms with Gasteiger partial charge in [0.05, 0.1) is 0 Å². The average Bonchev–Trinajstić information content (AvgIpc) is 2.46. The van der Waals surface area contributed by atoms with Gasteiger partial charge in [-0.05, 0) is 46.1 Å². The number of amides is 1. The summed E-state index contributed by atoms with van der Waals surface area (Å²) in [7, 11) is 2.19. The third kappa shape index (κ3) is 3.00. The molecule has 6 nitrogen and oxygen atoms in total. The first kappa shape index (κ1) is 16.1. The number of carbonyl (C=O) groups excluding carboxylic acids is 1. The van der Waals surface area contributed by atoms with Gasteiger partial charge in [-0.2, -0.15) is 0 Å². The third-order valence-corrected chi connectivity index (χ3v) is 5.56. The number of piperidine rings is 2. The van der Waals surface area contributed by atoms with Gasteiger partial charge in [0.1, 0.15) is 5.41 Å². The van der Waals surface area contributed by atoms with Crippen LogP contribution < -0.4 is 11.1 Å². The van der Waals surface area contributed by atoms with Crippen molar-refractivity contribution in [2.24, 2.45) is 16.3 Å². The summed E-state index contributed by atoms with van der Waals surface area (Å²) in [6.07, 6.45) is 6.21. The SMILES string of the molecule is CCC(C)(C(=O)NC1CC2CCCC(C1)N2C)C(N)=NO. The number of rotatable bonds is 4. The normalized spacial score (nSPS) is 33.3. The first-order chi connectivity index (χ1) is 9.92. The van der Waals surface area contributed by atoms with Crippen LogP contribution in [-0.4, -0.2) is 47.0 Å². The van der Waals surface area contributed by atoms with Gasteiger partial charge in [-0.1, -0.05) is 18.5 Å². The van der Waals surface area contributed by atoms with Crippen molar-refractivity contribution in [3.63, 3.8) is 0 Å². The van der Waals surface area contributed by atoms with Crippen molar-refractivity contribution in [1.82, 2.24) is 10.2 Å². The molecule has 2 rings (SSSR count). The molecule has 6 heteroatoms. The van der Waals surface area contributed by atoms with Gasteiger partial charge in [-0.3, -0.25) is 4.79 Å². The van der Waals surface area contributed by atoms with Crippen LogP contribution in [0.2, 0.25) is 0 Å². The molecule has 0 aromatic carbocycles. The summed E-state index contributed by atoms with van der Waals surface area (Å²) in [5.74, 6) is -0.149. The molecule has 120 valence electrons. The summed E-state index contributed by atoms with van der Waals surface area (Å²) in [5, 5.41) is 15.1. The molecule has 0 aromatic rings. The quantitative estimate of drug-likeness (QED) is 0.315. The molecule has 0 spiro atoms. The Morgan fingerprint density at radius 2 is 2.00 bits per heavy atom. The Morgan fingerprint density at radius 1 is 1.43 bits per heavy atom. The van der Waals surface area contributed by atoms with Crippen molar-refractivity contribution in [1.29, 1.82) is 0 Å². The average molecular weight is 296 g/mol. The summed E-state index contributed by atoms with van der Waals surface area (Å²) in [5.41, 5.74) is 4.78. The zero-order valence-corrected chi connectivity index (χ0v) is 13.3. The monoisotopic (exact) mass is 296 g/mol. The van der Waals surface area contributed by atoms with Crippen molar-refractivity contribution in [3.8, 4) is 0 Å². The number of hydrogen-bond donors (Lipinski definition) is 3. The maximum Gasteiger partial charge on any atom is 0.233 e. The highest BCUT2D eigenvalue weighted by Crippen LogP contribution is 2.33. The molecule has 2 bridgehead atoms. The van der Waals surface area contributed by atoms with Crippen LogP contribution >= 0.6 is 0 Å². The molecule has 2 heterocycles. The fourth-order valence-corrected chi connectivity index (χ4v) is 3.65. The lowest BCUT2D eigenvalue weighted by Gasteiger charge is -2.47. The number of amidine groups is 1. The van der Waals surface area contributed by atoms with Crippen molar-refractivity contribution in [3.05, 3.63) is 0 Å². The van der Waals surface area contributed by atoms with Gasteiger partial charge in [0.25, 0.3) is 0 Å². The van der Waals surface area contributed by atoms with E-state index in [1.807, 2.05) is 6.92 Å². The van der Waals surface area contributed by atoms with Crippen LogP contribution in [0.1, 0.15) is 52.4 Å². The molecule has 4 N–H and O–H groups in total. The smallest absolute Gasteiger partial charge is 0.233 e. The lowest BCUT2D eigenvalue weighted by atomic mass is 9.80. The summed E-state index contributed by atoms with van der Waals surface area (Å²) >= 11 is 0. The molecule has 1 amide bonds. The van der Waals surface area contributed by atoms with E-state index in [2.05, 4.69) is 22.4 Å². The number of hydrogen-bond acceptors (Lipinski definition) is 4. The van der Waals surface area contributed by atoms with Crippen LogP contribution in [0.5, 0.6) is 0 Å². The standard InChI is InChI=1S/C15H28N4O2/c1-4-15(2,13(16)18-21)14(20)17-10-8-11-6-5-7-12(9-10)19(11)3/h10-12,21H,4-9H2,1-3H3,(H2,16,18)(H,17,20). The Labute approximate surface area is 126 Å². The second-order valence-electron chi connectivity index (χ2n) is 6.72. The van der Waals surface area contributed by atoms with Gasteiger partial charge >= 0.3 is 0 Å². The van der Waals surface area contributed by atoms with Crippen molar-refractivity contribution < 1.29 is 10.0 Å². The Balaban J connectivity index is 2.03. The predicted octanol–water partition coefficient (Wildman–Crippen LogP) is 1.28. The molecule has 3 unspecified atom stereocenters. The Hall–Kier alpha value is -1.30. The number of nitrogens with one attached hydrogen (secondary N) is 1. The molecule has 2 fully saturated rings. The summed E-state index contributed by atoms with van der Waals surface area (Å²) in [6.45, 7) is 3.61. The molecule has 2 saturated heterocycles. The highest BCUT2D eigenvalue weighted by Gasteiger charge is 2.41. The minimum atomic E-state index is -0.937. The van der Waals surface area contributed by atoms with Crippen LogP contribution in [0.15, 0.2) is 5.16 Å². The van der Waals surface area contributed by atoms with Crippen LogP contribution in [0.4, 0.5) is 0 Å². The molecular formula is C15H28N4O2. The van der Waals surface area contributed by atoms with Gasteiger partial charge in [0.2, 0.25) is 5.91 Å². The molecular weight excluding hydrogens is 268 g/mol. The molecule has 2 aliphatic heterocycles. The summed E-state index contributed by atoms with van der Waals surface area (Å²) < 4.78 is 0. The molecule has 3 atom stereocenters. The first-order valence-corrected chi connectivity index (χ1v) is 7.93. The van der Waals surface area contributed by atoms with Gasteiger partial charge < -0.3 is 21.2 Å². The lowest BCUT2D eigenvalue weighted by molar-refractivity contribution is -0.128. The second-order valence-corrected chi connectivity index (χ2v) is 6.72. The molecule has 0 aromatic heterocycles. The van der Waals surface area contributed by atoms with Gasteiger partial charge in [0, 0.05) is 18.1 Å². The molecule has 0 saturated carbocycles. The third-order valence-electron chi connectivity index (χ3n) is 5.56. The number of nitrogens with zero attached hydrogens (tertiary/aromatic N) is 2. The molecule has 21 heavy (non-hydrogen) atoms. The van der Waals surface area contributed by atoms with E-state index in [1.54, 1.807) is 6.92 Å². The van der Waals surface area contributed by atoms with Crippen LogP contribution in [0.3, 0.4) is 0 Å². The Bertz CT molecular complexity index is 412. The minimum absolute atomic E-state index is 0.0179. The van der Waals surface area contributed by atoms with Crippen molar-refractivity contribution >= 4 is 11.7 Å². The van der Waals surface area contributed by atoms with Gasteiger partial charge in [-0.25, -0.2) is 0 Å². The van der Waals surface area contributed by atoms with Crippen LogP contribution in [-0.2, 0) is 4.79 Å². The summed E-state index contributed by atoms with van der Waals surface area (Å²) in [4.78, 5) is 15.0. The van der Waals surface area contributed by atoms with E-state index in [9.17, 15) is 4.79 Å². The van der Waals surface area contributed by atoms with Crippen molar-refractivity contribution in [2.45, 2.75) is 70.5 Å². The maximum atomic E-state index is 12.6. The Kier molecular flexibility index (Phi) is 4.76. The second kappa shape index (κ2) is 6.22. The number of fused-ring (bicyclic) bond motifs is 2. The van der Waals surface area contributed by atoms with E-state index in [0.717, 1.165) is 12.8 Å². The zero-order valence-electron chi connectivity index (χ0n) is 13.3. The van der Waals surface area contributed by atoms with Gasteiger partial charge in [-0.15, -0.1) is 0 Å². The fraction of sp³-hybridized carbons (Fsp3) is 0.867. The van der Waals surface area contributed by atoms with E-state index < -0.39 is 5.41 Å².